The lowest BCUT2D eigenvalue weighted by molar-refractivity contribution is -0.00603. The molecule has 1 aromatic rings. The molecule has 1 saturated heterocycles. The van der Waals surface area contributed by atoms with Gasteiger partial charge in [0.15, 0.2) is 0 Å². The average Bonchev–Trinajstić information content (AvgIpc) is 2.36. The smallest absolute Gasteiger partial charge is 0.376 e. The van der Waals surface area contributed by atoms with Gasteiger partial charge in [-0.1, -0.05) is 6.92 Å². The van der Waals surface area contributed by atoms with E-state index in [0.29, 0.717) is 18.8 Å². The molecule has 0 bridgehead atoms. The first-order valence-corrected chi connectivity index (χ1v) is 7.03. The van der Waals surface area contributed by atoms with Crippen molar-refractivity contribution >= 4 is 7.05 Å². The number of aromatic nitrogens is 1. The molecule has 4 nitrogen and oxygen atoms in total. The van der Waals surface area contributed by atoms with E-state index in [0.717, 1.165) is 25.1 Å². The van der Waals surface area contributed by atoms with Crippen LogP contribution in [0.1, 0.15) is 31.0 Å². The van der Waals surface area contributed by atoms with Gasteiger partial charge in [0.2, 0.25) is 0 Å². The van der Waals surface area contributed by atoms with Crippen LogP contribution in [0.25, 0.3) is 0 Å². The van der Waals surface area contributed by atoms with Crippen LogP contribution in [0.4, 0.5) is 0 Å². The minimum atomic E-state index is -0.362. The molecule has 1 aromatic heterocycles. The molecule has 0 spiro atoms. The van der Waals surface area contributed by atoms with Gasteiger partial charge < -0.3 is 14.6 Å². The van der Waals surface area contributed by atoms with E-state index in [1.54, 1.807) is 0 Å². The van der Waals surface area contributed by atoms with Crippen molar-refractivity contribution in [3.63, 3.8) is 0 Å². The van der Waals surface area contributed by atoms with Crippen molar-refractivity contribution in [1.82, 2.24) is 9.79 Å². The van der Waals surface area contributed by atoms with Gasteiger partial charge in [0.25, 0.3) is 0 Å². The zero-order chi connectivity index (χ0) is 13.8. The zero-order valence-corrected chi connectivity index (χ0v) is 12.0. The Morgan fingerprint density at radius 2 is 2.37 bits per heavy atom. The van der Waals surface area contributed by atoms with Gasteiger partial charge in [-0.2, -0.15) is 0 Å². The molecule has 0 radical (unpaired) electrons. The second-order valence-electron chi connectivity index (χ2n) is 5.48. The lowest BCUT2D eigenvalue weighted by atomic mass is 9.80. The Balaban J connectivity index is 1.82. The number of nitrogens with zero attached hydrogens (tertiary/aromatic N) is 2. The molecule has 2 rings (SSSR count). The summed E-state index contributed by atoms with van der Waals surface area (Å²) < 4.78 is 5.99. The molecule has 104 valence electrons. The first-order chi connectivity index (χ1) is 9.06. The highest BCUT2D eigenvalue weighted by atomic mass is 16.5. The minimum absolute atomic E-state index is 0.290. The zero-order valence-electron chi connectivity index (χ0n) is 12.0. The summed E-state index contributed by atoms with van der Waals surface area (Å²) in [4.78, 5) is 6.31. The summed E-state index contributed by atoms with van der Waals surface area (Å²) in [5, 5.41) is 9.65. The van der Waals surface area contributed by atoms with Crippen molar-refractivity contribution in [3.8, 4) is 0 Å². The van der Waals surface area contributed by atoms with Crippen LogP contribution < -0.4 is 0 Å². The van der Waals surface area contributed by atoms with E-state index >= 15 is 0 Å². The van der Waals surface area contributed by atoms with Crippen LogP contribution in [0.2, 0.25) is 6.82 Å². The maximum Gasteiger partial charge on any atom is 0.376 e. The first kappa shape index (κ1) is 14.5. The highest BCUT2D eigenvalue weighted by molar-refractivity contribution is 6.45. The molecular formula is C14H23BN2O2. The summed E-state index contributed by atoms with van der Waals surface area (Å²) in [6.45, 7) is 7.53. The van der Waals surface area contributed by atoms with E-state index in [2.05, 4.69) is 22.8 Å². The monoisotopic (exact) mass is 262 g/mol. The lowest BCUT2D eigenvalue weighted by Crippen LogP contribution is -2.50. The van der Waals surface area contributed by atoms with Gasteiger partial charge >= 0.3 is 7.05 Å². The number of pyridine rings is 1. The maximum absolute atomic E-state index is 9.65. The topological polar surface area (TPSA) is 45.6 Å². The number of piperidine rings is 1. The normalized spacial score (nSPS) is 24.4. The van der Waals surface area contributed by atoms with Crippen LogP contribution >= 0.6 is 0 Å². The molecule has 5 heteroatoms. The van der Waals surface area contributed by atoms with Gasteiger partial charge in [-0.05, 0) is 50.8 Å². The standard InChI is InChI=1S/C14H23BN2O2/c1-11-8-13(4-6-16-11)10-19-14-5-7-17(15(3)18)12(2)9-14/h4,6,8,12,14,18H,5,7,9-10H2,1-3H3. The average molecular weight is 262 g/mol. The van der Waals surface area contributed by atoms with E-state index in [9.17, 15) is 5.02 Å². The lowest BCUT2D eigenvalue weighted by Gasteiger charge is -2.38. The molecule has 1 fully saturated rings. The van der Waals surface area contributed by atoms with Crippen molar-refractivity contribution in [1.29, 1.82) is 0 Å². The molecule has 0 aromatic carbocycles. The summed E-state index contributed by atoms with van der Waals surface area (Å²) >= 11 is 0. The fourth-order valence-corrected chi connectivity index (χ4v) is 2.76. The number of hydrogen-bond donors (Lipinski definition) is 1. The van der Waals surface area contributed by atoms with Crippen molar-refractivity contribution in [2.45, 2.75) is 52.3 Å². The van der Waals surface area contributed by atoms with E-state index in [1.165, 1.54) is 5.56 Å². The second kappa shape index (κ2) is 6.50. The molecule has 1 N–H and O–H groups in total. The number of ether oxygens (including phenoxy) is 1. The molecule has 0 saturated carbocycles. The summed E-state index contributed by atoms with van der Waals surface area (Å²) in [6.07, 6.45) is 4.08. The summed E-state index contributed by atoms with van der Waals surface area (Å²) in [5.41, 5.74) is 2.21. The summed E-state index contributed by atoms with van der Waals surface area (Å²) in [6, 6.07) is 4.44. The fourth-order valence-electron chi connectivity index (χ4n) is 2.76. The number of aryl methyl sites for hydroxylation is 1. The predicted octanol–water partition coefficient (Wildman–Crippen LogP) is 1.87. The Bertz CT molecular complexity index is 414. The Morgan fingerprint density at radius 1 is 1.58 bits per heavy atom. The summed E-state index contributed by atoms with van der Waals surface area (Å²) in [5.74, 6) is 0. The Morgan fingerprint density at radius 3 is 3.00 bits per heavy atom. The third-order valence-electron chi connectivity index (χ3n) is 3.81. The van der Waals surface area contributed by atoms with E-state index < -0.39 is 0 Å². The Labute approximate surface area is 115 Å². The third kappa shape index (κ3) is 4.03. The van der Waals surface area contributed by atoms with E-state index in [-0.39, 0.29) is 7.05 Å². The van der Waals surface area contributed by atoms with Crippen molar-refractivity contribution in [3.05, 3.63) is 29.6 Å². The van der Waals surface area contributed by atoms with Crippen LogP contribution in [0, 0.1) is 6.92 Å². The molecule has 2 atom stereocenters. The van der Waals surface area contributed by atoms with Crippen LogP contribution in [0.3, 0.4) is 0 Å². The fraction of sp³-hybridized carbons (Fsp3) is 0.643. The van der Waals surface area contributed by atoms with Crippen LogP contribution in [0.15, 0.2) is 18.3 Å². The van der Waals surface area contributed by atoms with Crippen LogP contribution in [-0.4, -0.2) is 40.6 Å². The third-order valence-corrected chi connectivity index (χ3v) is 3.81. The van der Waals surface area contributed by atoms with Gasteiger partial charge in [-0.15, -0.1) is 0 Å². The molecule has 1 aliphatic heterocycles. The highest BCUT2D eigenvalue weighted by Gasteiger charge is 2.29. The van der Waals surface area contributed by atoms with Crippen molar-refractivity contribution in [2.75, 3.05) is 6.54 Å². The van der Waals surface area contributed by atoms with Gasteiger partial charge in [0.05, 0.1) is 12.7 Å². The molecule has 1 aliphatic rings. The molecule has 19 heavy (non-hydrogen) atoms. The van der Waals surface area contributed by atoms with Crippen molar-refractivity contribution < 1.29 is 9.76 Å². The molecule has 0 amide bonds. The molecule has 0 aliphatic carbocycles. The quantitative estimate of drug-likeness (QED) is 0.841. The number of rotatable bonds is 4. The van der Waals surface area contributed by atoms with E-state index in [1.807, 2.05) is 26.0 Å². The van der Waals surface area contributed by atoms with Crippen LogP contribution in [-0.2, 0) is 11.3 Å². The Kier molecular flexibility index (Phi) is 4.96. The van der Waals surface area contributed by atoms with Crippen molar-refractivity contribution in [2.24, 2.45) is 0 Å². The molecule has 2 unspecified atom stereocenters. The minimum Gasteiger partial charge on any atom is -0.437 e. The van der Waals surface area contributed by atoms with Gasteiger partial charge in [-0.3, -0.25) is 4.98 Å². The highest BCUT2D eigenvalue weighted by Crippen LogP contribution is 2.21. The van der Waals surface area contributed by atoms with Gasteiger partial charge in [0.1, 0.15) is 0 Å². The predicted molar refractivity (Wildman–Crippen MR) is 76.8 cm³/mol. The SMILES string of the molecule is CB(O)N1CCC(OCc2ccnc(C)c2)CC1C. The second-order valence-corrected chi connectivity index (χ2v) is 5.48. The van der Waals surface area contributed by atoms with Gasteiger partial charge in [-0.25, -0.2) is 0 Å². The van der Waals surface area contributed by atoms with Gasteiger partial charge in [0, 0.05) is 17.9 Å². The van der Waals surface area contributed by atoms with E-state index in [4.69, 9.17) is 4.74 Å². The Hall–Kier alpha value is -0.905. The van der Waals surface area contributed by atoms with Crippen LogP contribution in [0.5, 0.6) is 0 Å². The number of hydrogen-bond acceptors (Lipinski definition) is 4. The summed E-state index contributed by atoms with van der Waals surface area (Å²) in [7, 11) is -0.362. The molecular weight excluding hydrogens is 239 g/mol. The molecule has 2 heterocycles. The largest absolute Gasteiger partial charge is 0.437 e. The first-order valence-electron chi connectivity index (χ1n) is 7.03. The maximum atomic E-state index is 9.65.